The van der Waals surface area contributed by atoms with Crippen LogP contribution in [0.2, 0.25) is 0 Å². The van der Waals surface area contributed by atoms with Gasteiger partial charge in [-0.15, -0.1) is 0 Å². The molecule has 0 fully saturated rings. The van der Waals surface area contributed by atoms with Crippen LogP contribution in [0.4, 0.5) is 22.0 Å². The number of rotatable bonds is 5. The zero-order valence-electron chi connectivity index (χ0n) is 15.9. The average Bonchev–Trinajstić information content (AvgIpc) is 3.17. The molecule has 0 radical (unpaired) electrons. The maximum atomic E-state index is 14.6. The molecule has 4 aromatic rings. The predicted molar refractivity (Wildman–Crippen MR) is 107 cm³/mol. The molecule has 166 valence electrons. The molecule has 0 saturated carbocycles. The van der Waals surface area contributed by atoms with Gasteiger partial charge in [0.1, 0.15) is 5.75 Å². The number of benzene rings is 3. The van der Waals surface area contributed by atoms with Gasteiger partial charge < -0.3 is 14.3 Å². The van der Waals surface area contributed by atoms with Gasteiger partial charge in [-0.3, -0.25) is 0 Å². The van der Waals surface area contributed by atoms with Gasteiger partial charge in [0.05, 0.1) is 21.5 Å². The molecule has 0 bridgehead atoms. The van der Waals surface area contributed by atoms with Gasteiger partial charge in [-0.2, -0.15) is 22.0 Å². The SMILES string of the molecule is O=S(O)c1ccccc1-c1ccc2nc(C(F)(F)Oc3ccc(C(F)(F)F)cc3)[nH]c2c1. The van der Waals surface area contributed by atoms with Crippen LogP contribution in [0, 0.1) is 0 Å². The lowest BCUT2D eigenvalue weighted by Crippen LogP contribution is -2.23. The number of aromatic amines is 1. The van der Waals surface area contributed by atoms with Crippen molar-refractivity contribution in [1.29, 1.82) is 0 Å². The van der Waals surface area contributed by atoms with Crippen molar-refractivity contribution in [2.24, 2.45) is 0 Å². The molecule has 1 atom stereocenters. The lowest BCUT2D eigenvalue weighted by molar-refractivity contribution is -0.191. The molecule has 11 heteroatoms. The van der Waals surface area contributed by atoms with E-state index in [4.69, 9.17) is 0 Å². The Bertz CT molecular complexity index is 1300. The van der Waals surface area contributed by atoms with E-state index < -0.39 is 40.5 Å². The van der Waals surface area contributed by atoms with Crippen molar-refractivity contribution >= 4 is 22.1 Å². The molecule has 1 heterocycles. The number of hydrogen-bond donors (Lipinski definition) is 2. The van der Waals surface area contributed by atoms with E-state index in [0.717, 1.165) is 12.1 Å². The highest BCUT2D eigenvalue weighted by Gasteiger charge is 2.39. The van der Waals surface area contributed by atoms with Gasteiger partial charge in [0, 0.05) is 5.56 Å². The molecule has 0 saturated heterocycles. The Morgan fingerprint density at radius 3 is 2.28 bits per heavy atom. The van der Waals surface area contributed by atoms with Gasteiger partial charge in [-0.1, -0.05) is 24.3 Å². The molecular formula is C21H13F5N2O3S. The largest absolute Gasteiger partial charge is 0.460 e. The first-order chi connectivity index (χ1) is 15.0. The van der Waals surface area contributed by atoms with Crippen molar-refractivity contribution in [3.8, 4) is 16.9 Å². The first kappa shape index (κ1) is 21.9. The lowest BCUT2D eigenvalue weighted by atomic mass is 10.1. The third kappa shape index (κ3) is 4.34. The highest BCUT2D eigenvalue weighted by atomic mass is 32.2. The van der Waals surface area contributed by atoms with Gasteiger partial charge in [-0.25, -0.2) is 9.19 Å². The van der Waals surface area contributed by atoms with E-state index in [-0.39, 0.29) is 15.9 Å². The number of fused-ring (bicyclic) bond motifs is 1. The van der Waals surface area contributed by atoms with Crippen LogP contribution >= 0.6 is 0 Å². The zero-order valence-corrected chi connectivity index (χ0v) is 16.7. The van der Waals surface area contributed by atoms with E-state index in [1.807, 2.05) is 0 Å². The number of H-pyrrole nitrogens is 1. The van der Waals surface area contributed by atoms with Crippen LogP contribution in [-0.4, -0.2) is 18.7 Å². The van der Waals surface area contributed by atoms with E-state index in [1.165, 1.54) is 18.2 Å². The fourth-order valence-corrected chi connectivity index (χ4v) is 3.65. The van der Waals surface area contributed by atoms with E-state index in [2.05, 4.69) is 14.7 Å². The van der Waals surface area contributed by atoms with Crippen LogP contribution < -0.4 is 4.74 Å². The number of nitrogens with zero attached hydrogens (tertiary/aromatic N) is 1. The summed E-state index contributed by atoms with van der Waals surface area (Å²) < 4.78 is 92.7. The summed E-state index contributed by atoms with van der Waals surface area (Å²) in [5.74, 6) is -1.31. The molecule has 32 heavy (non-hydrogen) atoms. The van der Waals surface area contributed by atoms with Crippen LogP contribution in [0.25, 0.3) is 22.2 Å². The number of aromatic nitrogens is 2. The van der Waals surface area contributed by atoms with Crippen molar-refractivity contribution in [1.82, 2.24) is 9.97 Å². The molecule has 3 aromatic carbocycles. The molecule has 0 aliphatic heterocycles. The average molecular weight is 468 g/mol. The second-order valence-corrected chi connectivity index (χ2v) is 7.64. The quantitative estimate of drug-likeness (QED) is 0.280. The Morgan fingerprint density at radius 2 is 1.62 bits per heavy atom. The van der Waals surface area contributed by atoms with Gasteiger partial charge in [0.25, 0.3) is 0 Å². The maximum absolute atomic E-state index is 14.6. The summed E-state index contributed by atoms with van der Waals surface area (Å²) in [6, 6.07) is 13.7. The maximum Gasteiger partial charge on any atom is 0.460 e. The zero-order chi connectivity index (χ0) is 23.1. The van der Waals surface area contributed by atoms with Crippen LogP contribution in [0.15, 0.2) is 71.6 Å². The standard InChI is InChI=1S/C21H13F5N2O3S/c22-20(23,24)13-6-8-14(9-7-13)31-21(25,26)19-27-16-10-5-12(11-17(16)28-19)15-3-1-2-4-18(15)32(29)30/h1-11H,(H,27,28)(H,29,30). The van der Waals surface area contributed by atoms with Crippen molar-refractivity contribution in [3.05, 3.63) is 78.1 Å². The number of hydrogen-bond acceptors (Lipinski definition) is 3. The topological polar surface area (TPSA) is 75.2 Å². The molecule has 0 spiro atoms. The van der Waals surface area contributed by atoms with E-state index >= 15 is 0 Å². The minimum atomic E-state index is -4.60. The molecule has 5 nitrogen and oxygen atoms in total. The smallest absolute Gasteiger partial charge is 0.427 e. The minimum absolute atomic E-state index is 0.155. The van der Waals surface area contributed by atoms with Gasteiger partial charge in [-0.05, 0) is 48.0 Å². The third-order valence-electron chi connectivity index (χ3n) is 4.57. The molecule has 1 aromatic heterocycles. The molecule has 4 rings (SSSR count). The normalized spacial score (nSPS) is 13.3. The fourth-order valence-electron chi connectivity index (χ4n) is 3.08. The van der Waals surface area contributed by atoms with Crippen molar-refractivity contribution in [2.45, 2.75) is 17.2 Å². The Labute approximate surface area is 180 Å². The molecule has 2 N–H and O–H groups in total. The number of nitrogens with one attached hydrogen (secondary N) is 1. The summed E-state index contributed by atoms with van der Waals surface area (Å²) in [5.41, 5.74) is 0.346. The van der Waals surface area contributed by atoms with Crippen molar-refractivity contribution in [3.63, 3.8) is 0 Å². The molecular weight excluding hydrogens is 455 g/mol. The summed E-state index contributed by atoms with van der Waals surface area (Å²) >= 11 is -2.25. The number of ether oxygens (including phenoxy) is 1. The summed E-state index contributed by atoms with van der Waals surface area (Å²) in [7, 11) is 0. The van der Waals surface area contributed by atoms with Crippen molar-refractivity contribution in [2.75, 3.05) is 0 Å². The van der Waals surface area contributed by atoms with Gasteiger partial charge >= 0.3 is 12.3 Å². The third-order valence-corrected chi connectivity index (χ3v) is 5.30. The molecule has 0 aliphatic rings. The monoisotopic (exact) mass is 468 g/mol. The minimum Gasteiger partial charge on any atom is -0.427 e. The summed E-state index contributed by atoms with van der Waals surface area (Å²) in [6.07, 6.45) is -8.55. The number of imidazole rings is 1. The van der Waals surface area contributed by atoms with E-state index in [9.17, 15) is 30.7 Å². The fraction of sp³-hybridized carbons (Fsp3) is 0.0952. The van der Waals surface area contributed by atoms with Crippen LogP contribution in [0.5, 0.6) is 5.75 Å². The Hall–Kier alpha value is -3.31. The lowest BCUT2D eigenvalue weighted by Gasteiger charge is -2.16. The number of halogens is 5. The van der Waals surface area contributed by atoms with Gasteiger partial charge in [0.15, 0.2) is 11.1 Å². The molecule has 0 aliphatic carbocycles. The van der Waals surface area contributed by atoms with Crippen LogP contribution in [0.1, 0.15) is 11.4 Å². The Kier molecular flexibility index (Phi) is 5.47. The number of alkyl halides is 5. The van der Waals surface area contributed by atoms with Gasteiger partial charge in [0.2, 0.25) is 5.82 Å². The Balaban J connectivity index is 1.64. The highest BCUT2D eigenvalue weighted by molar-refractivity contribution is 7.79. The van der Waals surface area contributed by atoms with Crippen LogP contribution in [0.3, 0.4) is 0 Å². The highest BCUT2D eigenvalue weighted by Crippen LogP contribution is 2.35. The molecule has 1 unspecified atom stereocenters. The van der Waals surface area contributed by atoms with E-state index in [0.29, 0.717) is 23.3 Å². The second kappa shape index (κ2) is 7.99. The first-order valence-corrected chi connectivity index (χ1v) is 10.1. The summed E-state index contributed by atoms with van der Waals surface area (Å²) in [4.78, 5) is 6.41. The first-order valence-electron chi connectivity index (χ1n) is 8.99. The van der Waals surface area contributed by atoms with E-state index in [1.54, 1.807) is 24.3 Å². The Morgan fingerprint density at radius 1 is 0.938 bits per heavy atom. The molecule has 0 amide bonds. The summed E-state index contributed by atoms with van der Waals surface area (Å²) in [6.45, 7) is 0. The second-order valence-electron chi connectivity index (χ2n) is 6.70. The predicted octanol–water partition coefficient (Wildman–Crippen LogP) is 5.96. The van der Waals surface area contributed by atoms with Crippen LogP contribution in [-0.2, 0) is 23.4 Å². The van der Waals surface area contributed by atoms with Crippen molar-refractivity contribution < 1.29 is 35.5 Å². The summed E-state index contributed by atoms with van der Waals surface area (Å²) in [5, 5.41) is 0.